The summed E-state index contributed by atoms with van der Waals surface area (Å²) in [4.78, 5) is 10.1. The highest BCUT2D eigenvalue weighted by Gasteiger charge is 1.85. The number of benzene rings is 1. The van der Waals surface area contributed by atoms with Crippen molar-refractivity contribution >= 4 is 23.6 Å². The average Bonchev–Trinajstić information content (AvgIpc) is 2.30. The predicted molar refractivity (Wildman–Crippen MR) is 67.5 cm³/mol. The first-order valence-electron chi connectivity index (χ1n) is 4.92. The fraction of sp³-hybridized carbons (Fsp3) is 0.250. The third kappa shape index (κ3) is 9.24. The molecule has 4 heteroatoms. The van der Waals surface area contributed by atoms with E-state index in [0.29, 0.717) is 12.4 Å². The summed E-state index contributed by atoms with van der Waals surface area (Å²) in [5.74, 6) is -0.231. The molecule has 0 fully saturated rings. The van der Waals surface area contributed by atoms with Gasteiger partial charge in [0.05, 0.1) is 0 Å². The molecule has 0 heterocycles. The van der Waals surface area contributed by atoms with E-state index in [1.165, 1.54) is 0 Å². The van der Waals surface area contributed by atoms with E-state index in [1.807, 2.05) is 30.3 Å². The van der Waals surface area contributed by atoms with E-state index in [9.17, 15) is 4.79 Å². The zero-order valence-corrected chi connectivity index (χ0v) is 9.73. The Morgan fingerprint density at radius 2 is 2.00 bits per heavy atom. The number of halogens is 1. The normalized spacial score (nSPS) is 9.62. The maximum Gasteiger partial charge on any atom is 0.328 e. The van der Waals surface area contributed by atoms with Crippen molar-refractivity contribution in [2.45, 2.75) is 6.42 Å². The molecule has 0 aliphatic rings. The van der Waals surface area contributed by atoms with Crippen molar-refractivity contribution in [3.05, 3.63) is 42.0 Å². The summed E-state index contributed by atoms with van der Waals surface area (Å²) < 4.78 is 0. The largest absolute Gasteiger partial charge is 0.478 e. The van der Waals surface area contributed by atoms with Gasteiger partial charge in [-0.1, -0.05) is 30.3 Å². The number of carboxylic acids is 1. The summed E-state index contributed by atoms with van der Waals surface area (Å²) >= 11 is 5.22. The zero-order valence-electron chi connectivity index (χ0n) is 8.97. The van der Waals surface area contributed by atoms with Crippen LogP contribution in [0, 0.1) is 0 Å². The van der Waals surface area contributed by atoms with Gasteiger partial charge in [-0.05, 0) is 24.6 Å². The van der Waals surface area contributed by atoms with Gasteiger partial charge < -0.3 is 10.8 Å². The minimum atomic E-state index is -0.922. The first kappa shape index (κ1) is 14.7. The second kappa shape index (κ2) is 10.2. The summed E-state index contributed by atoms with van der Waals surface area (Å²) in [6.07, 6.45) is 3.61. The molecule has 1 aromatic carbocycles. The minimum absolute atomic E-state index is 0.691. The molecule has 0 saturated carbocycles. The van der Waals surface area contributed by atoms with Crippen LogP contribution < -0.4 is 5.73 Å². The number of rotatable bonds is 4. The van der Waals surface area contributed by atoms with Gasteiger partial charge in [0.2, 0.25) is 0 Å². The van der Waals surface area contributed by atoms with Gasteiger partial charge in [0.25, 0.3) is 0 Å². The molecule has 1 rings (SSSR count). The van der Waals surface area contributed by atoms with E-state index < -0.39 is 5.97 Å². The summed E-state index contributed by atoms with van der Waals surface area (Å²) in [5.41, 5.74) is 5.95. The highest BCUT2D eigenvalue weighted by atomic mass is 35.5. The number of aliphatic carboxylic acids is 1. The van der Waals surface area contributed by atoms with Gasteiger partial charge in [-0.25, -0.2) is 4.79 Å². The van der Waals surface area contributed by atoms with Crippen LogP contribution in [0.5, 0.6) is 0 Å². The van der Waals surface area contributed by atoms with E-state index in [4.69, 9.17) is 22.4 Å². The molecule has 0 aliphatic carbocycles. The van der Waals surface area contributed by atoms with E-state index in [-0.39, 0.29) is 0 Å². The Kier molecular flexibility index (Phi) is 9.36. The first-order chi connectivity index (χ1) is 7.70. The van der Waals surface area contributed by atoms with Gasteiger partial charge in [0.15, 0.2) is 0 Å². The van der Waals surface area contributed by atoms with Gasteiger partial charge in [0, 0.05) is 12.0 Å². The molecule has 16 heavy (non-hydrogen) atoms. The van der Waals surface area contributed by atoms with Crippen molar-refractivity contribution in [1.82, 2.24) is 0 Å². The van der Waals surface area contributed by atoms with Crippen LogP contribution in [-0.4, -0.2) is 23.5 Å². The monoisotopic (exact) mass is 241 g/mol. The molecule has 0 saturated heterocycles. The summed E-state index contributed by atoms with van der Waals surface area (Å²) in [5, 5.41) is 8.29. The fourth-order valence-electron chi connectivity index (χ4n) is 0.809. The van der Waals surface area contributed by atoms with Gasteiger partial charge in [0.1, 0.15) is 0 Å². The Bertz CT molecular complexity index is 310. The van der Waals surface area contributed by atoms with Crippen LogP contribution >= 0.6 is 11.6 Å². The van der Waals surface area contributed by atoms with Crippen molar-refractivity contribution in [3.63, 3.8) is 0 Å². The molecule has 0 unspecified atom stereocenters. The predicted octanol–water partition coefficient (Wildman–Crippen LogP) is 2.36. The first-order valence-corrected chi connectivity index (χ1v) is 5.46. The van der Waals surface area contributed by atoms with Gasteiger partial charge in [-0.3, -0.25) is 0 Å². The Morgan fingerprint density at radius 3 is 2.38 bits per heavy atom. The summed E-state index contributed by atoms with van der Waals surface area (Å²) in [6, 6.07) is 9.31. The van der Waals surface area contributed by atoms with Gasteiger partial charge in [-0.2, -0.15) is 0 Å². The molecular formula is C12H16ClNO2. The Morgan fingerprint density at radius 1 is 1.38 bits per heavy atom. The molecule has 0 bridgehead atoms. The minimum Gasteiger partial charge on any atom is -0.478 e. The van der Waals surface area contributed by atoms with Crippen LogP contribution in [0.15, 0.2) is 36.4 Å². The lowest BCUT2D eigenvalue weighted by Gasteiger charge is -1.87. The number of hydrogen-bond acceptors (Lipinski definition) is 2. The summed E-state index contributed by atoms with van der Waals surface area (Å²) in [7, 11) is 0. The molecule has 0 aromatic heterocycles. The third-order valence-electron chi connectivity index (χ3n) is 1.56. The second-order valence-electron chi connectivity index (χ2n) is 2.91. The number of carboxylic acid groups (broad SMARTS) is 1. The van der Waals surface area contributed by atoms with Gasteiger partial charge in [-0.15, -0.1) is 11.6 Å². The highest BCUT2D eigenvalue weighted by molar-refractivity contribution is 6.17. The second-order valence-corrected chi connectivity index (χ2v) is 3.29. The quantitative estimate of drug-likeness (QED) is 0.628. The average molecular weight is 242 g/mol. The fourth-order valence-corrected chi connectivity index (χ4v) is 0.963. The molecular weight excluding hydrogens is 226 g/mol. The highest BCUT2D eigenvalue weighted by Crippen LogP contribution is 1.99. The molecule has 0 amide bonds. The Labute approximate surface area is 101 Å². The van der Waals surface area contributed by atoms with E-state index in [2.05, 4.69) is 0 Å². The molecule has 1 aromatic rings. The van der Waals surface area contributed by atoms with Crippen LogP contribution in [-0.2, 0) is 4.79 Å². The van der Waals surface area contributed by atoms with Crippen LogP contribution in [0.1, 0.15) is 12.0 Å². The number of carbonyl (C=O) groups is 1. The van der Waals surface area contributed by atoms with E-state index in [0.717, 1.165) is 18.1 Å². The maximum atomic E-state index is 10.1. The van der Waals surface area contributed by atoms with Crippen LogP contribution in [0.2, 0.25) is 0 Å². The molecule has 3 N–H and O–H groups in total. The van der Waals surface area contributed by atoms with E-state index >= 15 is 0 Å². The number of alkyl halides is 1. The lowest BCUT2D eigenvalue weighted by molar-refractivity contribution is -0.131. The Balaban J connectivity index is 0.000000385. The van der Waals surface area contributed by atoms with Crippen LogP contribution in [0.25, 0.3) is 6.08 Å². The third-order valence-corrected chi connectivity index (χ3v) is 1.82. The van der Waals surface area contributed by atoms with Crippen molar-refractivity contribution < 1.29 is 9.90 Å². The molecule has 0 spiro atoms. The van der Waals surface area contributed by atoms with Crippen LogP contribution in [0.4, 0.5) is 0 Å². The molecule has 88 valence electrons. The lowest BCUT2D eigenvalue weighted by Crippen LogP contribution is -1.97. The molecule has 0 atom stereocenters. The number of hydrogen-bond donors (Lipinski definition) is 2. The van der Waals surface area contributed by atoms with Crippen molar-refractivity contribution in [2.75, 3.05) is 12.4 Å². The number of nitrogens with two attached hydrogens (primary N) is 1. The molecule has 0 radical (unpaired) electrons. The van der Waals surface area contributed by atoms with Gasteiger partial charge >= 0.3 is 5.97 Å². The standard InChI is InChI=1S/C9H8O2.C3H8ClN/c10-9(11)7-6-8-4-2-1-3-5-8;4-2-1-3-5/h1-7H,(H,10,11);1-3,5H2. The van der Waals surface area contributed by atoms with E-state index in [1.54, 1.807) is 6.08 Å². The van der Waals surface area contributed by atoms with Crippen molar-refractivity contribution in [3.8, 4) is 0 Å². The van der Waals surface area contributed by atoms with Crippen molar-refractivity contribution in [1.29, 1.82) is 0 Å². The smallest absolute Gasteiger partial charge is 0.328 e. The topological polar surface area (TPSA) is 63.3 Å². The molecule has 3 nitrogen and oxygen atoms in total. The Hall–Kier alpha value is -1.32. The van der Waals surface area contributed by atoms with Crippen LogP contribution in [0.3, 0.4) is 0 Å². The van der Waals surface area contributed by atoms with Crippen molar-refractivity contribution in [2.24, 2.45) is 5.73 Å². The summed E-state index contributed by atoms with van der Waals surface area (Å²) in [6.45, 7) is 0.712. The zero-order chi connectivity index (χ0) is 12.2. The SMILES string of the molecule is NCCCCl.O=C(O)C=Cc1ccccc1. The lowest BCUT2D eigenvalue weighted by atomic mass is 10.2. The molecule has 0 aliphatic heterocycles. The maximum absolute atomic E-state index is 10.1.